The summed E-state index contributed by atoms with van der Waals surface area (Å²) in [4.78, 5) is 4.31. The monoisotopic (exact) mass is 219 g/mol. The first-order valence-corrected chi connectivity index (χ1v) is 5.13. The highest BCUT2D eigenvalue weighted by Gasteiger charge is 2.10. The number of aromatic nitrogens is 2. The van der Waals surface area contributed by atoms with Gasteiger partial charge in [-0.25, -0.2) is 9.37 Å². The Morgan fingerprint density at radius 3 is 2.62 bits per heavy atom. The van der Waals surface area contributed by atoms with E-state index in [4.69, 9.17) is 0 Å². The number of benzene rings is 1. The quantitative estimate of drug-likeness (QED) is 0.855. The van der Waals surface area contributed by atoms with Gasteiger partial charge in [-0.15, -0.1) is 0 Å². The number of aryl methyl sites for hydroxylation is 1. The van der Waals surface area contributed by atoms with E-state index in [0.29, 0.717) is 6.54 Å². The molecular weight excluding hydrogens is 205 g/mol. The van der Waals surface area contributed by atoms with Crippen LogP contribution in [0.5, 0.6) is 0 Å². The summed E-state index contributed by atoms with van der Waals surface area (Å²) >= 11 is 0. The topological polar surface area (TPSA) is 29.9 Å². The molecule has 0 saturated heterocycles. The maximum atomic E-state index is 12.8. The molecule has 0 aliphatic rings. The fraction of sp³-hybridized carbons (Fsp3) is 0.250. The Kier molecular flexibility index (Phi) is 3.01. The van der Waals surface area contributed by atoms with E-state index in [1.165, 1.54) is 12.1 Å². The molecule has 0 radical (unpaired) electrons. The summed E-state index contributed by atoms with van der Waals surface area (Å²) in [5.74, 6) is -0.221. The van der Waals surface area contributed by atoms with Gasteiger partial charge in [0.05, 0.1) is 17.7 Å². The molecule has 0 saturated carbocycles. The van der Waals surface area contributed by atoms with Gasteiger partial charge in [0.15, 0.2) is 0 Å². The number of imidazole rings is 1. The standard InChI is InChI=1S/C12H14FN3/c1-14-7-11-12(16(2)8-15-11)9-3-5-10(13)6-4-9/h3-6,8,14H,7H2,1-2H3. The number of rotatable bonds is 3. The van der Waals surface area contributed by atoms with Gasteiger partial charge >= 0.3 is 0 Å². The Morgan fingerprint density at radius 1 is 1.31 bits per heavy atom. The summed E-state index contributed by atoms with van der Waals surface area (Å²) in [6, 6.07) is 6.47. The van der Waals surface area contributed by atoms with Crippen LogP contribution in [0, 0.1) is 5.82 Å². The lowest BCUT2D eigenvalue weighted by Gasteiger charge is -2.06. The predicted molar refractivity (Wildman–Crippen MR) is 61.4 cm³/mol. The van der Waals surface area contributed by atoms with Crippen LogP contribution >= 0.6 is 0 Å². The van der Waals surface area contributed by atoms with Crippen LogP contribution < -0.4 is 5.32 Å². The van der Waals surface area contributed by atoms with E-state index in [1.54, 1.807) is 18.5 Å². The van der Waals surface area contributed by atoms with E-state index in [-0.39, 0.29) is 5.82 Å². The van der Waals surface area contributed by atoms with Crippen molar-refractivity contribution in [3.8, 4) is 11.3 Å². The molecule has 3 nitrogen and oxygen atoms in total. The molecule has 0 fully saturated rings. The van der Waals surface area contributed by atoms with Crippen LogP contribution in [0.4, 0.5) is 4.39 Å². The molecule has 4 heteroatoms. The van der Waals surface area contributed by atoms with Gasteiger partial charge in [0.25, 0.3) is 0 Å². The molecule has 0 unspecified atom stereocenters. The summed E-state index contributed by atoms with van der Waals surface area (Å²) in [7, 11) is 3.81. The van der Waals surface area contributed by atoms with Gasteiger partial charge < -0.3 is 9.88 Å². The average molecular weight is 219 g/mol. The van der Waals surface area contributed by atoms with E-state index < -0.39 is 0 Å². The largest absolute Gasteiger partial charge is 0.333 e. The molecule has 16 heavy (non-hydrogen) atoms. The van der Waals surface area contributed by atoms with Crippen molar-refractivity contribution < 1.29 is 4.39 Å². The Labute approximate surface area is 93.9 Å². The molecule has 84 valence electrons. The lowest BCUT2D eigenvalue weighted by atomic mass is 10.1. The summed E-state index contributed by atoms with van der Waals surface area (Å²) < 4.78 is 14.8. The fourth-order valence-electron chi connectivity index (χ4n) is 1.75. The van der Waals surface area contributed by atoms with Gasteiger partial charge in [-0.2, -0.15) is 0 Å². The van der Waals surface area contributed by atoms with E-state index in [2.05, 4.69) is 10.3 Å². The molecule has 1 N–H and O–H groups in total. The molecule has 0 aliphatic carbocycles. The molecule has 0 aliphatic heterocycles. The van der Waals surface area contributed by atoms with Crippen molar-refractivity contribution >= 4 is 0 Å². The molecule has 1 aromatic carbocycles. The van der Waals surface area contributed by atoms with Crippen LogP contribution in [0.15, 0.2) is 30.6 Å². The Balaban J connectivity index is 2.45. The zero-order valence-electron chi connectivity index (χ0n) is 9.37. The highest BCUT2D eigenvalue weighted by Crippen LogP contribution is 2.22. The SMILES string of the molecule is CNCc1ncn(C)c1-c1ccc(F)cc1. The maximum absolute atomic E-state index is 12.8. The molecule has 2 aromatic rings. The van der Waals surface area contributed by atoms with Crippen molar-refractivity contribution in [3.63, 3.8) is 0 Å². The van der Waals surface area contributed by atoms with Crippen molar-refractivity contribution in [1.29, 1.82) is 0 Å². The first kappa shape index (κ1) is 10.8. The van der Waals surface area contributed by atoms with Gasteiger partial charge in [-0.05, 0) is 31.3 Å². The summed E-state index contributed by atoms with van der Waals surface area (Å²) in [5.41, 5.74) is 2.97. The van der Waals surface area contributed by atoms with Crippen LogP contribution in [-0.4, -0.2) is 16.6 Å². The van der Waals surface area contributed by atoms with E-state index >= 15 is 0 Å². The molecule has 1 heterocycles. The van der Waals surface area contributed by atoms with Crippen LogP contribution in [-0.2, 0) is 13.6 Å². The lowest BCUT2D eigenvalue weighted by Crippen LogP contribution is -2.07. The molecular formula is C12H14FN3. The molecule has 0 spiro atoms. The first-order chi connectivity index (χ1) is 7.72. The molecule has 1 aromatic heterocycles. The molecule has 0 bridgehead atoms. The number of hydrogen-bond donors (Lipinski definition) is 1. The minimum Gasteiger partial charge on any atom is -0.333 e. The van der Waals surface area contributed by atoms with E-state index in [9.17, 15) is 4.39 Å². The number of nitrogens with one attached hydrogen (secondary N) is 1. The van der Waals surface area contributed by atoms with E-state index in [1.807, 2.05) is 18.7 Å². The Morgan fingerprint density at radius 2 is 2.00 bits per heavy atom. The second-order valence-corrected chi connectivity index (χ2v) is 3.69. The van der Waals surface area contributed by atoms with Crippen molar-refractivity contribution in [2.75, 3.05) is 7.05 Å². The minimum atomic E-state index is -0.221. The average Bonchev–Trinajstić information content (AvgIpc) is 2.62. The van der Waals surface area contributed by atoms with Gasteiger partial charge in [0, 0.05) is 19.2 Å². The summed E-state index contributed by atoms with van der Waals surface area (Å²) in [5, 5.41) is 3.07. The fourth-order valence-corrected chi connectivity index (χ4v) is 1.75. The molecule has 0 amide bonds. The van der Waals surface area contributed by atoms with Crippen molar-refractivity contribution in [2.45, 2.75) is 6.54 Å². The second-order valence-electron chi connectivity index (χ2n) is 3.69. The molecule has 2 rings (SSSR count). The highest BCUT2D eigenvalue weighted by molar-refractivity contribution is 5.62. The van der Waals surface area contributed by atoms with Crippen LogP contribution in [0.2, 0.25) is 0 Å². The normalized spacial score (nSPS) is 10.7. The Hall–Kier alpha value is -1.68. The highest BCUT2D eigenvalue weighted by atomic mass is 19.1. The minimum absolute atomic E-state index is 0.221. The predicted octanol–water partition coefficient (Wildman–Crippen LogP) is 1.95. The van der Waals surface area contributed by atoms with Gasteiger partial charge in [0.1, 0.15) is 5.82 Å². The van der Waals surface area contributed by atoms with E-state index in [0.717, 1.165) is 17.0 Å². The number of halogens is 1. The smallest absolute Gasteiger partial charge is 0.123 e. The van der Waals surface area contributed by atoms with Crippen molar-refractivity contribution in [2.24, 2.45) is 7.05 Å². The van der Waals surface area contributed by atoms with Crippen LogP contribution in [0.25, 0.3) is 11.3 Å². The maximum Gasteiger partial charge on any atom is 0.123 e. The third-order valence-corrected chi connectivity index (χ3v) is 2.47. The second kappa shape index (κ2) is 4.45. The van der Waals surface area contributed by atoms with Crippen LogP contribution in [0.3, 0.4) is 0 Å². The van der Waals surface area contributed by atoms with Crippen molar-refractivity contribution in [3.05, 3.63) is 42.1 Å². The summed E-state index contributed by atoms with van der Waals surface area (Å²) in [6.07, 6.45) is 1.77. The first-order valence-electron chi connectivity index (χ1n) is 5.13. The van der Waals surface area contributed by atoms with Crippen molar-refractivity contribution in [1.82, 2.24) is 14.9 Å². The molecule has 0 atom stereocenters. The Bertz CT molecular complexity index is 474. The third kappa shape index (κ3) is 1.97. The van der Waals surface area contributed by atoms with Crippen LogP contribution in [0.1, 0.15) is 5.69 Å². The summed E-state index contributed by atoms with van der Waals surface area (Å²) in [6.45, 7) is 0.702. The van der Waals surface area contributed by atoms with Gasteiger partial charge in [-0.3, -0.25) is 0 Å². The van der Waals surface area contributed by atoms with Gasteiger partial charge in [0.2, 0.25) is 0 Å². The zero-order valence-corrected chi connectivity index (χ0v) is 9.37. The number of hydrogen-bond acceptors (Lipinski definition) is 2. The third-order valence-electron chi connectivity index (χ3n) is 2.47. The lowest BCUT2D eigenvalue weighted by molar-refractivity contribution is 0.628. The zero-order chi connectivity index (χ0) is 11.5. The van der Waals surface area contributed by atoms with Gasteiger partial charge in [-0.1, -0.05) is 0 Å². The number of nitrogens with zero attached hydrogens (tertiary/aromatic N) is 2.